The number of nitrogens with zero attached hydrogens (tertiary/aromatic N) is 5. The first-order chi connectivity index (χ1) is 11.4. The van der Waals surface area contributed by atoms with Crippen LogP contribution in [0.25, 0.3) is 11.0 Å². The molecule has 0 aromatic carbocycles. The van der Waals surface area contributed by atoms with Gasteiger partial charge in [0.25, 0.3) is 0 Å². The van der Waals surface area contributed by atoms with Crippen molar-refractivity contribution in [3.63, 3.8) is 0 Å². The third-order valence-electron chi connectivity index (χ3n) is 3.73. The van der Waals surface area contributed by atoms with Gasteiger partial charge in [-0.15, -0.1) is 0 Å². The highest BCUT2D eigenvalue weighted by Crippen LogP contribution is 2.25. The minimum atomic E-state index is -0.155. The molecule has 0 aliphatic rings. The Bertz CT molecular complexity index is 857. The molecule has 0 spiro atoms. The van der Waals surface area contributed by atoms with Gasteiger partial charge in [-0.3, -0.25) is 0 Å². The number of hydrogen-bond donors (Lipinski definition) is 1. The molecule has 0 amide bonds. The number of aromatic nitrogens is 5. The maximum absolute atomic E-state index is 5.38. The normalized spacial score (nSPS) is 12.8. The van der Waals surface area contributed by atoms with Gasteiger partial charge in [-0.05, 0) is 38.3 Å². The molecule has 3 rings (SSSR count). The van der Waals surface area contributed by atoms with E-state index in [-0.39, 0.29) is 6.04 Å². The van der Waals surface area contributed by atoms with E-state index in [0.29, 0.717) is 17.5 Å². The summed E-state index contributed by atoms with van der Waals surface area (Å²) in [5, 5.41) is 8.29. The number of rotatable bonds is 5. The summed E-state index contributed by atoms with van der Waals surface area (Å²) in [4.78, 5) is 17.6. The minimum Gasteiger partial charge on any atom is -0.358 e. The van der Waals surface area contributed by atoms with Gasteiger partial charge < -0.3 is 9.84 Å². The summed E-state index contributed by atoms with van der Waals surface area (Å²) in [6.45, 7) is 10.2. The van der Waals surface area contributed by atoms with E-state index in [4.69, 9.17) is 4.52 Å². The molecule has 3 aromatic rings. The average Bonchev–Trinajstić information content (AvgIpc) is 2.94. The molecular formula is C17H22N6O. The molecule has 0 saturated carbocycles. The van der Waals surface area contributed by atoms with Gasteiger partial charge in [0.15, 0.2) is 11.5 Å². The van der Waals surface area contributed by atoms with Gasteiger partial charge in [0.05, 0.1) is 5.39 Å². The van der Waals surface area contributed by atoms with Crippen LogP contribution in [0.2, 0.25) is 0 Å². The third kappa shape index (κ3) is 3.34. The van der Waals surface area contributed by atoms with Crippen LogP contribution in [0.3, 0.4) is 0 Å². The van der Waals surface area contributed by atoms with E-state index in [1.165, 1.54) is 6.33 Å². The second-order valence-electron chi connectivity index (χ2n) is 6.51. The van der Waals surface area contributed by atoms with E-state index in [2.05, 4.69) is 44.3 Å². The van der Waals surface area contributed by atoms with E-state index in [9.17, 15) is 0 Å². The van der Waals surface area contributed by atoms with Gasteiger partial charge in [0.1, 0.15) is 18.2 Å². The summed E-state index contributed by atoms with van der Waals surface area (Å²) in [7, 11) is 0. The van der Waals surface area contributed by atoms with E-state index in [1.54, 1.807) is 0 Å². The van der Waals surface area contributed by atoms with Crippen molar-refractivity contribution in [2.24, 2.45) is 5.92 Å². The molecule has 1 N–H and O–H groups in total. The molecule has 0 fully saturated rings. The highest BCUT2D eigenvalue weighted by molar-refractivity contribution is 5.89. The lowest BCUT2D eigenvalue weighted by molar-refractivity contribution is 0.361. The molecule has 24 heavy (non-hydrogen) atoms. The quantitative estimate of drug-likeness (QED) is 0.768. The fraction of sp³-hybridized carbons (Fsp3) is 0.471. The van der Waals surface area contributed by atoms with E-state index in [1.807, 2.05) is 26.8 Å². The van der Waals surface area contributed by atoms with Crippen molar-refractivity contribution in [3.05, 3.63) is 35.4 Å². The Labute approximate surface area is 140 Å². The second kappa shape index (κ2) is 6.51. The summed E-state index contributed by atoms with van der Waals surface area (Å²) in [5.41, 5.74) is 2.70. The predicted molar refractivity (Wildman–Crippen MR) is 91.7 cm³/mol. The maximum atomic E-state index is 5.38. The molecule has 3 heterocycles. The molecular weight excluding hydrogens is 304 g/mol. The summed E-state index contributed by atoms with van der Waals surface area (Å²) >= 11 is 0. The molecule has 0 radical (unpaired) electrons. The highest BCUT2D eigenvalue weighted by atomic mass is 16.5. The lowest BCUT2D eigenvalue weighted by atomic mass is 10.1. The minimum absolute atomic E-state index is 0.155. The van der Waals surface area contributed by atoms with E-state index in [0.717, 1.165) is 34.7 Å². The van der Waals surface area contributed by atoms with E-state index < -0.39 is 0 Å². The van der Waals surface area contributed by atoms with Crippen LogP contribution >= 0.6 is 0 Å². The van der Waals surface area contributed by atoms with Crippen LogP contribution in [0.5, 0.6) is 0 Å². The molecule has 0 saturated heterocycles. The van der Waals surface area contributed by atoms with Gasteiger partial charge in [0, 0.05) is 12.1 Å². The second-order valence-corrected chi connectivity index (χ2v) is 6.51. The van der Waals surface area contributed by atoms with Crippen LogP contribution < -0.4 is 5.32 Å². The molecule has 1 unspecified atom stereocenters. The zero-order chi connectivity index (χ0) is 17.3. The molecule has 7 heteroatoms. The molecule has 0 bridgehead atoms. The van der Waals surface area contributed by atoms with Gasteiger partial charge >= 0.3 is 0 Å². The van der Waals surface area contributed by atoms with Gasteiger partial charge in [-0.1, -0.05) is 19.0 Å². The monoisotopic (exact) mass is 326 g/mol. The fourth-order valence-electron chi connectivity index (χ4n) is 2.68. The first kappa shape index (κ1) is 16.3. The van der Waals surface area contributed by atoms with Gasteiger partial charge in [-0.2, -0.15) is 4.98 Å². The van der Waals surface area contributed by atoms with Crippen molar-refractivity contribution < 1.29 is 4.52 Å². The Morgan fingerprint density at radius 3 is 2.67 bits per heavy atom. The van der Waals surface area contributed by atoms with Crippen molar-refractivity contribution in [3.8, 4) is 0 Å². The molecule has 0 aliphatic heterocycles. The topological polar surface area (TPSA) is 89.6 Å². The summed E-state index contributed by atoms with van der Waals surface area (Å²) in [6, 6.07) is 1.87. The van der Waals surface area contributed by atoms with Crippen LogP contribution in [0.15, 0.2) is 16.9 Å². The Hall–Kier alpha value is -2.57. The molecule has 3 aromatic heterocycles. The first-order valence-electron chi connectivity index (χ1n) is 8.12. The predicted octanol–water partition coefficient (Wildman–Crippen LogP) is 3.40. The Morgan fingerprint density at radius 2 is 1.92 bits per heavy atom. The summed E-state index contributed by atoms with van der Waals surface area (Å²) in [6.07, 6.45) is 2.32. The van der Waals surface area contributed by atoms with Crippen molar-refractivity contribution in [1.82, 2.24) is 25.1 Å². The number of nitrogens with one attached hydrogen (secondary N) is 1. The third-order valence-corrected chi connectivity index (χ3v) is 3.73. The number of pyridine rings is 1. The Morgan fingerprint density at radius 1 is 1.12 bits per heavy atom. The van der Waals surface area contributed by atoms with Crippen LogP contribution in [0, 0.1) is 19.8 Å². The number of anilines is 1. The van der Waals surface area contributed by atoms with Crippen molar-refractivity contribution >= 4 is 16.9 Å². The molecule has 7 nitrogen and oxygen atoms in total. The zero-order valence-electron chi connectivity index (χ0n) is 14.7. The average molecular weight is 326 g/mol. The molecule has 126 valence electrons. The van der Waals surface area contributed by atoms with Crippen molar-refractivity contribution in [1.29, 1.82) is 0 Å². The number of fused-ring (bicyclic) bond motifs is 1. The fourth-order valence-corrected chi connectivity index (χ4v) is 2.68. The number of aryl methyl sites for hydroxylation is 2. The van der Waals surface area contributed by atoms with Crippen LogP contribution in [0.1, 0.15) is 49.8 Å². The van der Waals surface area contributed by atoms with Gasteiger partial charge in [0.2, 0.25) is 5.89 Å². The lowest BCUT2D eigenvalue weighted by Gasteiger charge is -2.13. The molecule has 1 atom stereocenters. The smallest absolute Gasteiger partial charge is 0.248 e. The SMILES string of the molecule is Cc1cc(C)c2c(NC(C)c3nc(CC(C)C)no3)ncnc2n1. The largest absolute Gasteiger partial charge is 0.358 e. The zero-order valence-corrected chi connectivity index (χ0v) is 14.7. The number of hydrogen-bond acceptors (Lipinski definition) is 7. The van der Waals surface area contributed by atoms with Crippen molar-refractivity contribution in [2.75, 3.05) is 5.32 Å². The van der Waals surface area contributed by atoms with E-state index >= 15 is 0 Å². The Kier molecular flexibility index (Phi) is 4.42. The maximum Gasteiger partial charge on any atom is 0.248 e. The first-order valence-corrected chi connectivity index (χ1v) is 8.12. The van der Waals surface area contributed by atoms with Crippen LogP contribution in [-0.4, -0.2) is 25.1 Å². The summed E-state index contributed by atoms with van der Waals surface area (Å²) < 4.78 is 5.38. The standard InChI is InChI=1S/C17H22N6O/c1-9(2)6-13-22-17(24-23-13)12(5)21-16-14-10(3)7-11(4)20-15(14)18-8-19-16/h7-9,12H,6H2,1-5H3,(H,18,19,20,21). The lowest BCUT2D eigenvalue weighted by Crippen LogP contribution is -2.10. The summed E-state index contributed by atoms with van der Waals surface area (Å²) in [5.74, 6) is 2.49. The van der Waals surface area contributed by atoms with Crippen LogP contribution in [-0.2, 0) is 6.42 Å². The van der Waals surface area contributed by atoms with Crippen LogP contribution in [0.4, 0.5) is 5.82 Å². The Balaban J connectivity index is 1.88. The van der Waals surface area contributed by atoms with Gasteiger partial charge in [-0.25, -0.2) is 15.0 Å². The molecule has 0 aliphatic carbocycles. The van der Waals surface area contributed by atoms with Crippen molar-refractivity contribution in [2.45, 2.75) is 47.1 Å². The highest BCUT2D eigenvalue weighted by Gasteiger charge is 2.17.